The molecule has 5 nitrogen and oxygen atoms in total. The van der Waals surface area contributed by atoms with Gasteiger partial charge in [-0.3, -0.25) is 9.59 Å². The quantitative estimate of drug-likeness (QED) is 0.856. The first-order chi connectivity index (χ1) is 12.4. The first kappa shape index (κ1) is 17.7. The molecule has 140 valence electrons. The molecular formula is C19H23ClFN3O2. The highest BCUT2D eigenvalue weighted by atomic mass is 35.5. The Kier molecular flexibility index (Phi) is 4.43. The summed E-state index contributed by atoms with van der Waals surface area (Å²) in [7, 11) is 1.67. The van der Waals surface area contributed by atoms with Crippen LogP contribution in [0.25, 0.3) is 0 Å². The van der Waals surface area contributed by atoms with E-state index in [-0.39, 0.29) is 29.3 Å². The summed E-state index contributed by atoms with van der Waals surface area (Å²) >= 11 is 5.78. The van der Waals surface area contributed by atoms with Gasteiger partial charge in [0.2, 0.25) is 11.8 Å². The Morgan fingerprint density at radius 1 is 1.31 bits per heavy atom. The van der Waals surface area contributed by atoms with Gasteiger partial charge < -0.3 is 15.5 Å². The molecule has 5 unspecified atom stereocenters. The van der Waals surface area contributed by atoms with E-state index in [0.717, 1.165) is 12.8 Å². The maximum atomic E-state index is 13.9. The minimum absolute atomic E-state index is 0.0235. The van der Waals surface area contributed by atoms with Crippen molar-refractivity contribution in [3.05, 3.63) is 34.6 Å². The number of hydrogen-bond acceptors (Lipinski definition) is 3. The molecule has 3 aliphatic rings. The van der Waals surface area contributed by atoms with Crippen LogP contribution in [0.2, 0.25) is 5.02 Å². The maximum absolute atomic E-state index is 13.9. The van der Waals surface area contributed by atoms with Crippen molar-refractivity contribution < 1.29 is 14.0 Å². The molecule has 3 fully saturated rings. The second-order valence-electron chi connectivity index (χ2n) is 7.84. The molecular weight excluding hydrogens is 357 g/mol. The molecule has 0 spiro atoms. The average molecular weight is 380 g/mol. The first-order valence-corrected chi connectivity index (χ1v) is 9.49. The molecule has 2 heterocycles. The third-order valence-corrected chi connectivity index (χ3v) is 6.72. The molecule has 2 saturated heterocycles. The van der Waals surface area contributed by atoms with Crippen molar-refractivity contribution in [1.29, 1.82) is 0 Å². The van der Waals surface area contributed by atoms with Crippen LogP contribution in [0, 0.1) is 23.6 Å². The van der Waals surface area contributed by atoms with Crippen molar-refractivity contribution in [2.75, 3.05) is 20.1 Å². The number of fused-ring (bicyclic) bond motifs is 1. The third kappa shape index (κ3) is 2.79. The number of hydrogen-bond donors (Lipinski definition) is 1. The molecule has 0 radical (unpaired) electrons. The van der Waals surface area contributed by atoms with Crippen molar-refractivity contribution in [1.82, 2.24) is 9.80 Å². The average Bonchev–Trinajstić information content (AvgIpc) is 3.26. The van der Waals surface area contributed by atoms with Crippen molar-refractivity contribution in [3.63, 3.8) is 0 Å². The van der Waals surface area contributed by atoms with E-state index in [4.69, 9.17) is 17.3 Å². The van der Waals surface area contributed by atoms with Gasteiger partial charge in [-0.05, 0) is 42.4 Å². The van der Waals surface area contributed by atoms with Gasteiger partial charge in [0.1, 0.15) is 5.82 Å². The second-order valence-corrected chi connectivity index (χ2v) is 8.25. The standard InChI is InChI=1S/C19H23ClFN3O2/c1-23-17(25)7-12(18(23)10-2-4-14(20)15(21)6-10)19(26)24-8-11-3-5-16(22)13(11)9-24/h2,4,6,11-13,16,18H,3,5,7-9,22H2,1H3. The lowest BCUT2D eigenvalue weighted by molar-refractivity contribution is -0.135. The monoisotopic (exact) mass is 379 g/mol. The summed E-state index contributed by atoms with van der Waals surface area (Å²) in [5.41, 5.74) is 6.78. The molecule has 0 bridgehead atoms. The number of nitrogens with zero attached hydrogens (tertiary/aromatic N) is 2. The summed E-state index contributed by atoms with van der Waals surface area (Å²) in [6.45, 7) is 1.38. The van der Waals surface area contributed by atoms with E-state index in [1.165, 1.54) is 12.1 Å². The van der Waals surface area contributed by atoms with Crippen LogP contribution in [-0.4, -0.2) is 47.8 Å². The first-order valence-electron chi connectivity index (χ1n) is 9.11. The van der Waals surface area contributed by atoms with E-state index in [2.05, 4.69) is 0 Å². The van der Waals surface area contributed by atoms with Crippen LogP contribution < -0.4 is 5.73 Å². The largest absolute Gasteiger partial charge is 0.342 e. The Labute approximate surface area is 157 Å². The van der Waals surface area contributed by atoms with Crippen LogP contribution in [-0.2, 0) is 9.59 Å². The zero-order valence-corrected chi connectivity index (χ0v) is 15.5. The highest BCUT2D eigenvalue weighted by Gasteiger charge is 2.48. The van der Waals surface area contributed by atoms with Crippen molar-refractivity contribution in [3.8, 4) is 0 Å². The van der Waals surface area contributed by atoms with Gasteiger partial charge in [-0.1, -0.05) is 17.7 Å². The smallest absolute Gasteiger partial charge is 0.228 e. The SMILES string of the molecule is CN1C(=O)CC(C(=O)N2CC3CCC(N)C3C2)C1c1ccc(Cl)c(F)c1. The number of benzene rings is 1. The zero-order chi connectivity index (χ0) is 18.6. The fraction of sp³-hybridized carbons (Fsp3) is 0.579. The van der Waals surface area contributed by atoms with Crippen LogP contribution in [0.4, 0.5) is 4.39 Å². The van der Waals surface area contributed by atoms with Gasteiger partial charge >= 0.3 is 0 Å². The molecule has 2 aliphatic heterocycles. The van der Waals surface area contributed by atoms with Crippen LogP contribution in [0.1, 0.15) is 30.9 Å². The molecule has 1 saturated carbocycles. The molecule has 7 heteroatoms. The highest BCUT2D eigenvalue weighted by Crippen LogP contribution is 2.42. The summed E-state index contributed by atoms with van der Waals surface area (Å²) in [5, 5.41) is 0.0324. The molecule has 1 aromatic carbocycles. The van der Waals surface area contributed by atoms with Crippen LogP contribution in [0.15, 0.2) is 18.2 Å². The Hall–Kier alpha value is -1.66. The highest BCUT2D eigenvalue weighted by molar-refractivity contribution is 6.30. The number of amides is 2. The van der Waals surface area contributed by atoms with Gasteiger partial charge in [-0.2, -0.15) is 0 Å². The molecule has 5 atom stereocenters. The van der Waals surface area contributed by atoms with Gasteiger partial charge in [-0.25, -0.2) is 4.39 Å². The molecule has 2 amide bonds. The molecule has 26 heavy (non-hydrogen) atoms. The maximum Gasteiger partial charge on any atom is 0.228 e. The summed E-state index contributed by atoms with van der Waals surface area (Å²) in [4.78, 5) is 28.9. The molecule has 0 aromatic heterocycles. The summed E-state index contributed by atoms with van der Waals surface area (Å²) < 4.78 is 13.9. The Morgan fingerprint density at radius 2 is 2.08 bits per heavy atom. The summed E-state index contributed by atoms with van der Waals surface area (Å²) in [6, 6.07) is 4.20. The number of rotatable bonds is 2. The van der Waals surface area contributed by atoms with Gasteiger partial charge in [0.15, 0.2) is 0 Å². The summed E-state index contributed by atoms with van der Waals surface area (Å²) in [6.07, 6.45) is 2.24. The van der Waals surface area contributed by atoms with E-state index >= 15 is 0 Å². The van der Waals surface area contributed by atoms with Crippen LogP contribution >= 0.6 is 11.6 Å². The van der Waals surface area contributed by atoms with Crippen molar-refractivity contribution in [2.45, 2.75) is 31.3 Å². The van der Waals surface area contributed by atoms with Gasteiger partial charge in [0.05, 0.1) is 17.0 Å². The minimum atomic E-state index is -0.537. The fourth-order valence-electron chi connectivity index (χ4n) is 4.97. The number of likely N-dealkylation sites (tertiary alicyclic amines) is 2. The lowest BCUT2D eigenvalue weighted by atomic mass is 9.92. The normalized spacial score (nSPS) is 33.8. The molecule has 1 aliphatic carbocycles. The predicted molar refractivity (Wildman–Crippen MR) is 95.8 cm³/mol. The van der Waals surface area contributed by atoms with E-state index in [1.807, 2.05) is 4.90 Å². The number of carbonyl (C=O) groups excluding carboxylic acids is 2. The molecule has 1 aromatic rings. The molecule has 4 rings (SSSR count). The van der Waals surface area contributed by atoms with Crippen molar-refractivity contribution >= 4 is 23.4 Å². The Bertz CT molecular complexity index is 758. The third-order valence-electron chi connectivity index (χ3n) is 6.41. The number of carbonyl (C=O) groups is 2. The zero-order valence-electron chi connectivity index (χ0n) is 14.7. The van der Waals surface area contributed by atoms with Crippen LogP contribution in [0.5, 0.6) is 0 Å². The number of nitrogens with two attached hydrogens (primary N) is 1. The lowest BCUT2D eigenvalue weighted by Crippen LogP contribution is -2.39. The lowest BCUT2D eigenvalue weighted by Gasteiger charge is -2.28. The van der Waals surface area contributed by atoms with Crippen molar-refractivity contribution in [2.24, 2.45) is 23.5 Å². The Balaban J connectivity index is 1.58. The van der Waals surface area contributed by atoms with E-state index in [9.17, 15) is 14.0 Å². The fourth-order valence-corrected chi connectivity index (χ4v) is 5.08. The van der Waals surface area contributed by atoms with Gasteiger partial charge in [-0.15, -0.1) is 0 Å². The van der Waals surface area contributed by atoms with E-state index in [0.29, 0.717) is 30.5 Å². The second kappa shape index (κ2) is 6.50. The molecule has 2 N–H and O–H groups in total. The van der Waals surface area contributed by atoms with E-state index < -0.39 is 17.8 Å². The van der Waals surface area contributed by atoms with Gasteiger partial charge in [0.25, 0.3) is 0 Å². The van der Waals surface area contributed by atoms with Crippen LogP contribution in [0.3, 0.4) is 0 Å². The minimum Gasteiger partial charge on any atom is -0.342 e. The Morgan fingerprint density at radius 3 is 2.77 bits per heavy atom. The summed E-state index contributed by atoms with van der Waals surface area (Å²) in [5.74, 6) is -0.326. The van der Waals surface area contributed by atoms with E-state index in [1.54, 1.807) is 18.0 Å². The predicted octanol–water partition coefficient (Wildman–Crippen LogP) is 2.19. The number of halogens is 2. The van der Waals surface area contributed by atoms with Gasteiger partial charge in [0, 0.05) is 32.6 Å². The topological polar surface area (TPSA) is 66.6 Å².